The van der Waals surface area contributed by atoms with Gasteiger partial charge < -0.3 is 20.9 Å². The zero-order valence-corrected chi connectivity index (χ0v) is 15.1. The molecule has 138 valence electrons. The number of amides is 1. The number of ether oxygens (including phenoxy) is 1. The summed E-state index contributed by atoms with van der Waals surface area (Å²) in [5.41, 5.74) is 6.82. The maximum absolute atomic E-state index is 12.3. The highest BCUT2D eigenvalue weighted by molar-refractivity contribution is 6.05. The molecule has 0 bridgehead atoms. The molecular formula is C20H25N3O3. The Morgan fingerprint density at radius 3 is 2.50 bits per heavy atom. The molecule has 1 fully saturated rings. The molecule has 0 aromatic heterocycles. The molecule has 26 heavy (non-hydrogen) atoms. The van der Waals surface area contributed by atoms with Crippen LogP contribution in [0.4, 0.5) is 11.4 Å². The molecule has 1 aliphatic heterocycles. The van der Waals surface area contributed by atoms with Crippen LogP contribution in [0.15, 0.2) is 48.5 Å². The molecule has 4 N–H and O–H groups in total. The van der Waals surface area contributed by atoms with Crippen molar-refractivity contribution in [1.29, 1.82) is 0 Å². The van der Waals surface area contributed by atoms with E-state index in [1.54, 1.807) is 50.2 Å². The zero-order valence-electron chi connectivity index (χ0n) is 15.1. The summed E-state index contributed by atoms with van der Waals surface area (Å²) in [6.07, 6.45) is 0.112. The van der Waals surface area contributed by atoms with Gasteiger partial charge in [0, 0.05) is 25.2 Å². The van der Waals surface area contributed by atoms with Crippen molar-refractivity contribution in [2.75, 3.05) is 30.7 Å². The predicted molar refractivity (Wildman–Crippen MR) is 102 cm³/mol. The summed E-state index contributed by atoms with van der Waals surface area (Å²) in [6.45, 7) is 5.82. The second kappa shape index (κ2) is 7.35. The number of likely N-dealkylation sites (tertiary alicyclic amines) is 1. The van der Waals surface area contributed by atoms with Gasteiger partial charge >= 0.3 is 0 Å². The van der Waals surface area contributed by atoms with Gasteiger partial charge in [0.2, 0.25) is 0 Å². The van der Waals surface area contributed by atoms with Crippen LogP contribution in [0.3, 0.4) is 0 Å². The van der Waals surface area contributed by atoms with Crippen LogP contribution in [0, 0.1) is 0 Å². The number of aliphatic hydroxyl groups is 1. The highest BCUT2D eigenvalue weighted by atomic mass is 16.5. The molecule has 0 aliphatic carbocycles. The normalized spacial score (nSPS) is 15.3. The molecule has 2 aromatic carbocycles. The molecule has 1 amide bonds. The van der Waals surface area contributed by atoms with Crippen molar-refractivity contribution in [3.05, 3.63) is 54.1 Å². The van der Waals surface area contributed by atoms with Crippen LogP contribution in [-0.4, -0.2) is 47.3 Å². The SMILES string of the molecule is CC(C)(O)CN1CC(Oc2ccc(C(=O)Nc3ccccc3N)cc2)C1. The Bertz CT molecular complexity index is 763. The van der Waals surface area contributed by atoms with E-state index in [-0.39, 0.29) is 12.0 Å². The molecule has 0 spiro atoms. The maximum atomic E-state index is 12.3. The third-order valence-electron chi connectivity index (χ3n) is 4.16. The number of nitrogens with two attached hydrogens (primary N) is 1. The van der Waals surface area contributed by atoms with Crippen molar-refractivity contribution in [2.24, 2.45) is 0 Å². The van der Waals surface area contributed by atoms with Crippen LogP contribution in [0.25, 0.3) is 0 Å². The van der Waals surface area contributed by atoms with Crippen LogP contribution < -0.4 is 15.8 Å². The second-order valence-corrected chi connectivity index (χ2v) is 7.31. The summed E-state index contributed by atoms with van der Waals surface area (Å²) >= 11 is 0. The zero-order chi connectivity index (χ0) is 18.7. The molecule has 2 aromatic rings. The van der Waals surface area contributed by atoms with Crippen molar-refractivity contribution in [2.45, 2.75) is 25.6 Å². The Morgan fingerprint density at radius 2 is 1.88 bits per heavy atom. The number of hydrogen-bond acceptors (Lipinski definition) is 5. The van der Waals surface area contributed by atoms with Crippen molar-refractivity contribution in [3.63, 3.8) is 0 Å². The average Bonchev–Trinajstić information content (AvgIpc) is 2.54. The minimum atomic E-state index is -0.692. The van der Waals surface area contributed by atoms with E-state index in [2.05, 4.69) is 10.2 Å². The van der Waals surface area contributed by atoms with E-state index >= 15 is 0 Å². The van der Waals surface area contributed by atoms with Gasteiger partial charge in [-0.25, -0.2) is 0 Å². The Morgan fingerprint density at radius 1 is 1.23 bits per heavy atom. The molecule has 6 nitrogen and oxygen atoms in total. The topological polar surface area (TPSA) is 87.8 Å². The smallest absolute Gasteiger partial charge is 0.255 e. The standard InChI is InChI=1S/C20H25N3O3/c1-20(2,25)13-23-11-16(12-23)26-15-9-7-14(8-10-15)19(24)22-18-6-4-3-5-17(18)21/h3-10,16,25H,11-13,21H2,1-2H3,(H,22,24). The molecule has 0 unspecified atom stereocenters. The number of nitrogens with one attached hydrogen (secondary N) is 1. The lowest BCUT2D eigenvalue weighted by atomic mass is 10.1. The fourth-order valence-corrected chi connectivity index (χ4v) is 2.96. The Labute approximate surface area is 153 Å². The van der Waals surface area contributed by atoms with E-state index in [1.165, 1.54) is 0 Å². The third-order valence-corrected chi connectivity index (χ3v) is 4.16. The van der Waals surface area contributed by atoms with Gasteiger partial charge in [-0.2, -0.15) is 0 Å². The molecule has 3 rings (SSSR count). The van der Waals surface area contributed by atoms with Crippen LogP contribution in [0.5, 0.6) is 5.75 Å². The number of carbonyl (C=O) groups excluding carboxylic acids is 1. The summed E-state index contributed by atoms with van der Waals surface area (Å²) in [5.74, 6) is 0.517. The highest BCUT2D eigenvalue weighted by Crippen LogP contribution is 2.22. The summed E-state index contributed by atoms with van der Waals surface area (Å²) in [7, 11) is 0. The summed E-state index contributed by atoms with van der Waals surface area (Å²) in [4.78, 5) is 14.5. The summed E-state index contributed by atoms with van der Waals surface area (Å²) in [6, 6.07) is 14.2. The Hall–Kier alpha value is -2.57. The number of carbonyl (C=O) groups is 1. The molecule has 6 heteroatoms. The van der Waals surface area contributed by atoms with Gasteiger partial charge in [-0.05, 0) is 50.2 Å². The molecule has 0 saturated carbocycles. The number of benzene rings is 2. The van der Waals surface area contributed by atoms with E-state index in [9.17, 15) is 9.90 Å². The minimum absolute atomic E-state index is 0.112. The van der Waals surface area contributed by atoms with Crippen LogP contribution in [0.1, 0.15) is 24.2 Å². The molecule has 0 radical (unpaired) electrons. The maximum Gasteiger partial charge on any atom is 0.255 e. The predicted octanol–water partition coefficient (Wildman–Crippen LogP) is 2.36. The van der Waals surface area contributed by atoms with E-state index < -0.39 is 5.60 Å². The number of β-amino-alcohol motifs (C(OH)–C–C–N with tert-alkyl or cyclic N) is 1. The molecule has 0 atom stereocenters. The van der Waals surface area contributed by atoms with E-state index in [0.717, 1.165) is 18.8 Å². The third kappa shape index (κ3) is 4.74. The first-order valence-corrected chi connectivity index (χ1v) is 8.67. The molecule has 1 aliphatic rings. The lowest BCUT2D eigenvalue weighted by Crippen LogP contribution is -2.57. The monoisotopic (exact) mass is 355 g/mol. The quantitative estimate of drug-likeness (QED) is 0.693. The van der Waals surface area contributed by atoms with Gasteiger partial charge in [0.05, 0.1) is 17.0 Å². The first kappa shape index (κ1) is 18.2. The van der Waals surface area contributed by atoms with Crippen molar-refractivity contribution >= 4 is 17.3 Å². The summed E-state index contributed by atoms with van der Waals surface area (Å²) in [5, 5.41) is 12.6. The fourth-order valence-electron chi connectivity index (χ4n) is 2.96. The lowest BCUT2D eigenvalue weighted by Gasteiger charge is -2.41. The second-order valence-electron chi connectivity index (χ2n) is 7.31. The van der Waals surface area contributed by atoms with Crippen molar-refractivity contribution < 1.29 is 14.6 Å². The van der Waals surface area contributed by atoms with Crippen LogP contribution in [0.2, 0.25) is 0 Å². The van der Waals surface area contributed by atoms with Crippen LogP contribution in [-0.2, 0) is 0 Å². The fraction of sp³-hybridized carbons (Fsp3) is 0.350. The lowest BCUT2D eigenvalue weighted by molar-refractivity contribution is -0.0363. The first-order valence-electron chi connectivity index (χ1n) is 8.67. The van der Waals surface area contributed by atoms with Gasteiger partial charge in [0.15, 0.2) is 0 Å². The number of hydrogen-bond donors (Lipinski definition) is 3. The molecule has 1 heterocycles. The van der Waals surface area contributed by atoms with Crippen molar-refractivity contribution in [3.8, 4) is 5.75 Å². The number of nitrogens with zero attached hydrogens (tertiary/aromatic N) is 1. The van der Waals surface area contributed by atoms with Gasteiger partial charge in [0.1, 0.15) is 11.9 Å². The number of para-hydroxylation sites is 2. The van der Waals surface area contributed by atoms with Gasteiger partial charge in [-0.15, -0.1) is 0 Å². The number of anilines is 2. The minimum Gasteiger partial charge on any atom is -0.488 e. The largest absolute Gasteiger partial charge is 0.488 e. The number of nitrogen functional groups attached to an aromatic ring is 1. The Balaban J connectivity index is 1.51. The highest BCUT2D eigenvalue weighted by Gasteiger charge is 2.31. The first-order chi connectivity index (χ1) is 12.3. The van der Waals surface area contributed by atoms with E-state index in [0.29, 0.717) is 23.5 Å². The Kier molecular flexibility index (Phi) is 5.15. The van der Waals surface area contributed by atoms with Gasteiger partial charge in [-0.3, -0.25) is 9.69 Å². The summed E-state index contributed by atoms with van der Waals surface area (Å²) < 4.78 is 5.89. The van der Waals surface area contributed by atoms with Crippen molar-refractivity contribution in [1.82, 2.24) is 4.90 Å². The van der Waals surface area contributed by atoms with E-state index in [1.807, 2.05) is 12.1 Å². The molecular weight excluding hydrogens is 330 g/mol. The van der Waals surface area contributed by atoms with Crippen LogP contribution >= 0.6 is 0 Å². The number of rotatable bonds is 6. The van der Waals surface area contributed by atoms with Gasteiger partial charge in [-0.1, -0.05) is 12.1 Å². The van der Waals surface area contributed by atoms with E-state index in [4.69, 9.17) is 10.5 Å². The molecule has 1 saturated heterocycles. The van der Waals surface area contributed by atoms with Gasteiger partial charge in [0.25, 0.3) is 5.91 Å². The average molecular weight is 355 g/mol.